The van der Waals surface area contributed by atoms with Gasteiger partial charge in [0.2, 0.25) is 0 Å². The smallest absolute Gasteiger partial charge is 0.138 e. The van der Waals surface area contributed by atoms with Gasteiger partial charge in [-0.3, -0.25) is 4.79 Å². The predicted octanol–water partition coefficient (Wildman–Crippen LogP) is 2.25. The largest absolute Gasteiger partial charge is 0.392 e. The van der Waals surface area contributed by atoms with Crippen LogP contribution in [-0.2, 0) is 4.79 Å². The number of ketones is 1. The van der Waals surface area contributed by atoms with Crippen molar-refractivity contribution >= 4 is 5.78 Å². The third kappa shape index (κ3) is 1.20. The number of carbonyl (C=O) groups excluding carboxylic acids is 1. The van der Waals surface area contributed by atoms with Crippen molar-refractivity contribution in [1.82, 2.24) is 0 Å². The zero-order chi connectivity index (χ0) is 11.7. The summed E-state index contributed by atoms with van der Waals surface area (Å²) in [5.74, 6) is 2.81. The molecule has 0 aromatic heterocycles. The van der Waals surface area contributed by atoms with Crippen LogP contribution in [0.2, 0.25) is 0 Å². The normalized spacial score (nSPS) is 54.1. The molecule has 0 heterocycles. The van der Waals surface area contributed by atoms with Crippen molar-refractivity contribution < 1.29 is 9.90 Å². The number of rotatable bonds is 0. The zero-order valence-electron chi connectivity index (χ0n) is 10.4. The minimum absolute atomic E-state index is 0.265. The van der Waals surface area contributed by atoms with E-state index in [1.807, 2.05) is 0 Å². The van der Waals surface area contributed by atoms with Gasteiger partial charge in [-0.25, -0.2) is 0 Å². The number of aliphatic hydroxyl groups excluding tert-OH is 1. The molecule has 0 saturated heterocycles. The molecule has 0 aliphatic heterocycles. The van der Waals surface area contributed by atoms with Gasteiger partial charge >= 0.3 is 0 Å². The Bertz CT molecular complexity index is 334. The van der Waals surface area contributed by atoms with Crippen LogP contribution in [0.25, 0.3) is 0 Å². The Morgan fingerprint density at radius 2 is 1.94 bits per heavy atom. The van der Waals surface area contributed by atoms with Crippen LogP contribution in [-0.4, -0.2) is 17.0 Å². The first-order valence-corrected chi connectivity index (χ1v) is 6.65. The Hall–Kier alpha value is -0.370. The summed E-state index contributed by atoms with van der Waals surface area (Å²) < 4.78 is 0. The van der Waals surface area contributed by atoms with E-state index >= 15 is 0 Å². The van der Waals surface area contributed by atoms with E-state index in [0.717, 1.165) is 6.42 Å². The van der Waals surface area contributed by atoms with E-state index in [0.29, 0.717) is 35.9 Å². The lowest BCUT2D eigenvalue weighted by molar-refractivity contribution is -0.125. The number of hydrogen-bond donors (Lipinski definition) is 1. The van der Waals surface area contributed by atoms with E-state index < -0.39 is 0 Å². The molecule has 0 aromatic rings. The third-order valence-corrected chi connectivity index (χ3v) is 5.70. The molecule has 1 unspecified atom stereocenters. The van der Waals surface area contributed by atoms with Crippen LogP contribution in [0.3, 0.4) is 0 Å². The van der Waals surface area contributed by atoms with Crippen LogP contribution in [0.5, 0.6) is 0 Å². The van der Waals surface area contributed by atoms with Gasteiger partial charge in [0.15, 0.2) is 0 Å². The second kappa shape index (κ2) is 3.10. The molecule has 2 nitrogen and oxygen atoms in total. The fourth-order valence-corrected chi connectivity index (χ4v) is 4.88. The molecule has 0 bridgehead atoms. The zero-order valence-corrected chi connectivity index (χ0v) is 10.4. The van der Waals surface area contributed by atoms with Crippen LogP contribution in [0, 0.1) is 35.0 Å². The van der Waals surface area contributed by atoms with Crippen LogP contribution >= 0.6 is 0 Å². The van der Waals surface area contributed by atoms with E-state index in [4.69, 9.17) is 0 Å². The maximum Gasteiger partial charge on any atom is 0.138 e. The molecule has 0 aromatic carbocycles. The van der Waals surface area contributed by atoms with Gasteiger partial charge in [-0.1, -0.05) is 20.8 Å². The van der Waals surface area contributed by atoms with Gasteiger partial charge in [-0.15, -0.1) is 0 Å². The first kappa shape index (κ1) is 10.8. The van der Waals surface area contributed by atoms with Gasteiger partial charge in [0, 0.05) is 12.3 Å². The lowest BCUT2D eigenvalue weighted by atomic mass is 9.81. The highest BCUT2D eigenvalue weighted by Crippen LogP contribution is 2.69. The number of carbonyl (C=O) groups is 1. The molecular weight excluding hydrogens is 200 g/mol. The minimum Gasteiger partial charge on any atom is -0.392 e. The molecular formula is C14H22O2. The van der Waals surface area contributed by atoms with Gasteiger partial charge in [0.05, 0.1) is 6.10 Å². The average molecular weight is 222 g/mol. The second-order valence-electron chi connectivity index (χ2n) is 6.85. The summed E-state index contributed by atoms with van der Waals surface area (Å²) in [5.41, 5.74) is 0.266. The van der Waals surface area contributed by atoms with E-state index in [1.165, 1.54) is 6.42 Å². The third-order valence-electron chi connectivity index (χ3n) is 5.70. The second-order valence-corrected chi connectivity index (χ2v) is 6.85. The summed E-state index contributed by atoms with van der Waals surface area (Å²) >= 11 is 0. The monoisotopic (exact) mass is 222 g/mol. The molecule has 1 N–H and O–H groups in total. The first-order chi connectivity index (χ1) is 7.44. The summed E-state index contributed by atoms with van der Waals surface area (Å²) in [6, 6.07) is 0. The molecule has 3 aliphatic carbocycles. The lowest BCUT2D eigenvalue weighted by Crippen LogP contribution is -2.25. The van der Waals surface area contributed by atoms with Gasteiger partial charge in [-0.2, -0.15) is 0 Å². The van der Waals surface area contributed by atoms with Gasteiger partial charge in [0.25, 0.3) is 0 Å². The topological polar surface area (TPSA) is 37.3 Å². The predicted molar refractivity (Wildman–Crippen MR) is 61.8 cm³/mol. The highest BCUT2D eigenvalue weighted by Gasteiger charge is 2.68. The molecule has 2 heteroatoms. The molecule has 16 heavy (non-hydrogen) atoms. The number of fused-ring (bicyclic) bond motifs is 3. The summed E-state index contributed by atoms with van der Waals surface area (Å²) in [5, 5.41) is 10.1. The Kier molecular flexibility index (Phi) is 2.08. The van der Waals surface area contributed by atoms with Gasteiger partial charge < -0.3 is 5.11 Å². The molecule has 6 atom stereocenters. The van der Waals surface area contributed by atoms with Crippen LogP contribution in [0.15, 0.2) is 0 Å². The van der Waals surface area contributed by atoms with Crippen molar-refractivity contribution in [2.45, 2.75) is 46.1 Å². The molecule has 3 fully saturated rings. The van der Waals surface area contributed by atoms with Crippen molar-refractivity contribution in [3.05, 3.63) is 0 Å². The summed E-state index contributed by atoms with van der Waals surface area (Å²) in [6.07, 6.45) is 2.32. The molecule has 3 aliphatic rings. The van der Waals surface area contributed by atoms with Gasteiger partial charge in [-0.05, 0) is 41.9 Å². The van der Waals surface area contributed by atoms with E-state index in [9.17, 15) is 9.90 Å². The molecule has 3 rings (SSSR count). The quantitative estimate of drug-likeness (QED) is 0.682. The number of hydrogen-bond acceptors (Lipinski definition) is 2. The van der Waals surface area contributed by atoms with Crippen molar-refractivity contribution in [2.24, 2.45) is 35.0 Å². The summed E-state index contributed by atoms with van der Waals surface area (Å²) in [7, 11) is 0. The fraction of sp³-hybridized carbons (Fsp3) is 0.929. The van der Waals surface area contributed by atoms with E-state index in [-0.39, 0.29) is 17.4 Å². The van der Waals surface area contributed by atoms with E-state index in [1.54, 1.807) is 0 Å². The van der Waals surface area contributed by atoms with Crippen LogP contribution < -0.4 is 0 Å². The van der Waals surface area contributed by atoms with Crippen molar-refractivity contribution in [1.29, 1.82) is 0 Å². The van der Waals surface area contributed by atoms with Crippen molar-refractivity contribution in [2.75, 3.05) is 0 Å². The molecule has 0 spiro atoms. The Morgan fingerprint density at radius 3 is 2.62 bits per heavy atom. The Balaban J connectivity index is 1.96. The molecule has 0 amide bonds. The van der Waals surface area contributed by atoms with E-state index in [2.05, 4.69) is 20.8 Å². The number of Topliss-reactive ketones (excluding diaryl/α,β-unsaturated/α-hetero) is 1. The SMILES string of the molecule is C[C@@H]1CC[C@H]2C(=O)C[C@@H](O)[C@H]3C([C@H]12)C3(C)C. The van der Waals surface area contributed by atoms with Crippen LogP contribution in [0.1, 0.15) is 40.0 Å². The van der Waals surface area contributed by atoms with Crippen molar-refractivity contribution in [3.8, 4) is 0 Å². The lowest BCUT2D eigenvalue weighted by Gasteiger charge is -2.23. The highest BCUT2D eigenvalue weighted by atomic mass is 16.3. The van der Waals surface area contributed by atoms with Crippen molar-refractivity contribution in [3.63, 3.8) is 0 Å². The number of aliphatic hydroxyl groups is 1. The molecule has 0 radical (unpaired) electrons. The highest BCUT2D eigenvalue weighted by molar-refractivity contribution is 5.83. The Morgan fingerprint density at radius 1 is 1.25 bits per heavy atom. The summed E-state index contributed by atoms with van der Waals surface area (Å²) in [4.78, 5) is 12.1. The summed E-state index contributed by atoms with van der Waals surface area (Å²) in [6.45, 7) is 6.83. The minimum atomic E-state index is -0.370. The molecule has 3 saturated carbocycles. The average Bonchev–Trinajstić information content (AvgIpc) is 2.58. The molecule has 90 valence electrons. The maximum atomic E-state index is 12.1. The fourth-order valence-electron chi connectivity index (χ4n) is 4.88. The Labute approximate surface area is 97.4 Å². The first-order valence-electron chi connectivity index (χ1n) is 6.65. The maximum absolute atomic E-state index is 12.1. The van der Waals surface area contributed by atoms with Gasteiger partial charge in [0.1, 0.15) is 5.78 Å². The standard InChI is InChI=1S/C14H22O2/c1-7-4-5-8-9(15)6-10(16)12-13(11(7)8)14(12,2)3/h7-8,10-13,16H,4-6H2,1-3H3/t7-,8+,10-,11-,12+,13?/m1/s1. The van der Waals surface area contributed by atoms with Crippen LogP contribution in [0.4, 0.5) is 0 Å².